The third kappa shape index (κ3) is 1.70. The molecule has 2 aromatic heterocycles. The molecule has 1 N–H and O–H groups in total. The Kier molecular flexibility index (Phi) is 2.90. The third-order valence-corrected chi connectivity index (χ3v) is 3.93. The van der Waals surface area contributed by atoms with Crippen LogP contribution in [0.2, 0.25) is 0 Å². The first-order valence-electron chi connectivity index (χ1n) is 4.31. The zero-order valence-corrected chi connectivity index (χ0v) is 9.65. The molecule has 0 spiro atoms. The number of hydrogen-bond acceptors (Lipinski definition) is 5. The highest BCUT2D eigenvalue weighted by atomic mass is 32.1. The highest BCUT2D eigenvalue weighted by Crippen LogP contribution is 2.29. The van der Waals surface area contributed by atoms with Crippen molar-refractivity contribution in [3.63, 3.8) is 0 Å². The molecular weight excluding hydrogens is 214 g/mol. The Balaban J connectivity index is 2.36. The number of nitrogens with zero attached hydrogens (tertiary/aromatic N) is 2. The van der Waals surface area contributed by atoms with E-state index >= 15 is 0 Å². The Labute approximate surface area is 91.0 Å². The second-order valence-corrected chi connectivity index (χ2v) is 4.77. The average molecular weight is 225 g/mol. The van der Waals surface area contributed by atoms with Crippen LogP contribution in [0.1, 0.15) is 21.4 Å². The van der Waals surface area contributed by atoms with Crippen LogP contribution in [0.25, 0.3) is 0 Å². The van der Waals surface area contributed by atoms with Crippen LogP contribution in [0, 0.1) is 6.92 Å². The highest BCUT2D eigenvalue weighted by Gasteiger charge is 2.17. The van der Waals surface area contributed by atoms with E-state index in [1.54, 1.807) is 11.3 Å². The van der Waals surface area contributed by atoms with E-state index in [9.17, 15) is 0 Å². The van der Waals surface area contributed by atoms with E-state index in [4.69, 9.17) is 0 Å². The van der Waals surface area contributed by atoms with Crippen LogP contribution >= 0.6 is 22.9 Å². The molecule has 0 aliphatic rings. The molecule has 5 heteroatoms. The summed E-state index contributed by atoms with van der Waals surface area (Å²) in [5.41, 5.74) is 1.32. The van der Waals surface area contributed by atoms with E-state index in [-0.39, 0.29) is 6.04 Å². The SMILES string of the molecule is CNC(c1cnns1)c1sccc1C. The van der Waals surface area contributed by atoms with Crippen molar-refractivity contribution in [1.29, 1.82) is 0 Å². The van der Waals surface area contributed by atoms with Crippen LogP contribution in [0.15, 0.2) is 17.6 Å². The molecule has 0 aliphatic heterocycles. The Hall–Kier alpha value is -0.780. The Bertz CT molecular complexity index is 394. The lowest BCUT2D eigenvalue weighted by molar-refractivity contribution is 0.711. The molecule has 0 fully saturated rings. The monoisotopic (exact) mass is 225 g/mol. The summed E-state index contributed by atoms with van der Waals surface area (Å²) < 4.78 is 3.89. The third-order valence-electron chi connectivity index (χ3n) is 2.12. The lowest BCUT2D eigenvalue weighted by atomic mass is 10.1. The van der Waals surface area contributed by atoms with Gasteiger partial charge in [-0.2, -0.15) is 0 Å². The lowest BCUT2D eigenvalue weighted by Gasteiger charge is -2.12. The number of aromatic nitrogens is 2. The predicted octanol–water partition coefficient (Wildman–Crippen LogP) is 2.22. The summed E-state index contributed by atoms with van der Waals surface area (Å²) in [5, 5.41) is 9.27. The normalized spacial score (nSPS) is 13.0. The van der Waals surface area contributed by atoms with Gasteiger partial charge < -0.3 is 5.32 Å². The van der Waals surface area contributed by atoms with Gasteiger partial charge in [0.25, 0.3) is 0 Å². The molecule has 1 unspecified atom stereocenters. The van der Waals surface area contributed by atoms with Gasteiger partial charge in [0.1, 0.15) is 0 Å². The van der Waals surface area contributed by atoms with Crippen LogP contribution in [0.3, 0.4) is 0 Å². The van der Waals surface area contributed by atoms with Crippen molar-refractivity contribution in [2.75, 3.05) is 7.05 Å². The molecule has 0 radical (unpaired) electrons. The summed E-state index contributed by atoms with van der Waals surface area (Å²) in [6.07, 6.45) is 1.82. The smallest absolute Gasteiger partial charge is 0.0797 e. The van der Waals surface area contributed by atoms with Gasteiger partial charge in [0.15, 0.2) is 0 Å². The minimum atomic E-state index is 0.245. The van der Waals surface area contributed by atoms with E-state index in [0.717, 1.165) is 4.88 Å². The van der Waals surface area contributed by atoms with Crippen LogP contribution < -0.4 is 5.32 Å². The fourth-order valence-electron chi connectivity index (χ4n) is 1.38. The number of nitrogens with one attached hydrogen (secondary N) is 1. The van der Waals surface area contributed by atoms with Crippen LogP contribution in [-0.4, -0.2) is 16.6 Å². The number of aryl methyl sites for hydroxylation is 1. The molecule has 0 aliphatic carbocycles. The summed E-state index contributed by atoms with van der Waals surface area (Å²) >= 11 is 3.21. The van der Waals surface area contributed by atoms with Gasteiger partial charge in [-0.05, 0) is 42.5 Å². The molecule has 1 atom stereocenters. The molecule has 3 nitrogen and oxygen atoms in total. The maximum atomic E-state index is 3.89. The van der Waals surface area contributed by atoms with Crippen molar-refractivity contribution < 1.29 is 0 Å². The standard InChI is InChI=1S/C9H11N3S2/c1-6-3-4-13-9(6)8(10-2)7-5-11-12-14-7/h3-5,8,10H,1-2H3. The summed E-state index contributed by atoms with van der Waals surface area (Å²) in [6.45, 7) is 2.13. The molecule has 2 heterocycles. The second-order valence-electron chi connectivity index (χ2n) is 3.01. The molecule has 0 saturated heterocycles. The van der Waals surface area contributed by atoms with Gasteiger partial charge >= 0.3 is 0 Å². The first kappa shape index (κ1) is 9.76. The minimum absolute atomic E-state index is 0.245. The first-order chi connectivity index (χ1) is 6.83. The molecule has 2 aromatic rings. The molecule has 74 valence electrons. The van der Waals surface area contributed by atoms with Gasteiger partial charge in [-0.3, -0.25) is 0 Å². The van der Waals surface area contributed by atoms with Gasteiger partial charge in [0.2, 0.25) is 0 Å². The number of hydrogen-bond donors (Lipinski definition) is 1. The first-order valence-corrected chi connectivity index (χ1v) is 5.96. The van der Waals surface area contributed by atoms with E-state index in [1.807, 2.05) is 13.2 Å². The Morgan fingerprint density at radius 2 is 2.36 bits per heavy atom. The number of rotatable bonds is 3. The van der Waals surface area contributed by atoms with Gasteiger partial charge in [-0.15, -0.1) is 16.4 Å². The van der Waals surface area contributed by atoms with Gasteiger partial charge in [0.05, 0.1) is 17.1 Å². The molecule has 14 heavy (non-hydrogen) atoms. The Morgan fingerprint density at radius 3 is 2.86 bits per heavy atom. The maximum absolute atomic E-state index is 3.89. The Morgan fingerprint density at radius 1 is 1.50 bits per heavy atom. The van der Waals surface area contributed by atoms with Crippen molar-refractivity contribution in [3.8, 4) is 0 Å². The molecule has 2 rings (SSSR count). The highest BCUT2D eigenvalue weighted by molar-refractivity contribution is 7.10. The molecule has 0 aromatic carbocycles. The van der Waals surface area contributed by atoms with E-state index < -0.39 is 0 Å². The maximum Gasteiger partial charge on any atom is 0.0797 e. The summed E-state index contributed by atoms with van der Waals surface area (Å²) in [7, 11) is 1.96. The zero-order valence-electron chi connectivity index (χ0n) is 8.02. The van der Waals surface area contributed by atoms with E-state index in [1.165, 1.54) is 22.0 Å². The van der Waals surface area contributed by atoms with Gasteiger partial charge in [0, 0.05) is 4.88 Å². The predicted molar refractivity (Wildman–Crippen MR) is 59.9 cm³/mol. The van der Waals surface area contributed by atoms with Gasteiger partial charge in [-0.1, -0.05) is 4.49 Å². The molecule has 0 amide bonds. The molecule has 0 saturated carbocycles. The fraction of sp³-hybridized carbons (Fsp3) is 0.333. The molecule has 0 bridgehead atoms. The lowest BCUT2D eigenvalue weighted by Crippen LogP contribution is -2.15. The topological polar surface area (TPSA) is 37.8 Å². The van der Waals surface area contributed by atoms with E-state index in [0.29, 0.717) is 0 Å². The van der Waals surface area contributed by atoms with E-state index in [2.05, 4.69) is 33.3 Å². The van der Waals surface area contributed by atoms with Crippen molar-refractivity contribution in [3.05, 3.63) is 33.0 Å². The average Bonchev–Trinajstić information content (AvgIpc) is 2.80. The van der Waals surface area contributed by atoms with Crippen molar-refractivity contribution in [2.24, 2.45) is 0 Å². The van der Waals surface area contributed by atoms with Crippen LogP contribution in [-0.2, 0) is 0 Å². The fourth-order valence-corrected chi connectivity index (χ4v) is 3.14. The molecular formula is C9H11N3S2. The zero-order chi connectivity index (χ0) is 9.97. The summed E-state index contributed by atoms with van der Waals surface area (Å²) in [4.78, 5) is 2.51. The number of thiophene rings is 1. The second kappa shape index (κ2) is 4.16. The minimum Gasteiger partial charge on any atom is -0.308 e. The van der Waals surface area contributed by atoms with Crippen molar-refractivity contribution in [2.45, 2.75) is 13.0 Å². The summed E-state index contributed by atoms with van der Waals surface area (Å²) in [5.74, 6) is 0. The van der Waals surface area contributed by atoms with Crippen molar-refractivity contribution >= 4 is 22.9 Å². The quantitative estimate of drug-likeness (QED) is 0.870. The van der Waals surface area contributed by atoms with Crippen LogP contribution in [0.5, 0.6) is 0 Å². The van der Waals surface area contributed by atoms with Crippen LogP contribution in [0.4, 0.5) is 0 Å². The summed E-state index contributed by atoms with van der Waals surface area (Å²) in [6, 6.07) is 2.38. The largest absolute Gasteiger partial charge is 0.308 e. The van der Waals surface area contributed by atoms with Crippen molar-refractivity contribution in [1.82, 2.24) is 14.9 Å². The van der Waals surface area contributed by atoms with Gasteiger partial charge in [-0.25, -0.2) is 0 Å².